The summed E-state index contributed by atoms with van der Waals surface area (Å²) in [6.07, 6.45) is 0.783. The Morgan fingerprint density at radius 2 is 1.03 bits per heavy atom. The van der Waals surface area contributed by atoms with Crippen LogP contribution in [0.3, 0.4) is 0 Å². The van der Waals surface area contributed by atoms with Crippen molar-refractivity contribution in [3.8, 4) is 23.0 Å². The number of esters is 2. The maximum absolute atomic E-state index is 14.6. The molecule has 0 aliphatic heterocycles. The second-order valence-corrected chi connectivity index (χ2v) is 9.95. The van der Waals surface area contributed by atoms with E-state index in [9.17, 15) is 18.4 Å². The molecule has 0 saturated heterocycles. The standard InChI is InChI=1S/C29H30F2O6/c1-7-29(5,6)37-21-14-10-19(11-15-21)27(33)35-23-17-16-22(24(30)25(23)31)34-26(32)18-8-12-20(13-9-18)36-28(2,3)4/h8-17H,7H2,1-6H3. The van der Waals surface area contributed by atoms with Crippen LogP contribution in [-0.2, 0) is 0 Å². The lowest BCUT2D eigenvalue weighted by atomic mass is 10.1. The molecule has 3 aromatic rings. The van der Waals surface area contributed by atoms with Crippen LogP contribution in [-0.4, -0.2) is 23.1 Å². The molecule has 0 saturated carbocycles. The zero-order chi connectivity index (χ0) is 27.4. The van der Waals surface area contributed by atoms with Gasteiger partial charge in [0.05, 0.1) is 11.1 Å². The van der Waals surface area contributed by atoms with Crippen molar-refractivity contribution in [2.45, 2.75) is 59.2 Å². The predicted octanol–water partition coefficient (Wildman–Crippen LogP) is 7.15. The normalized spacial score (nSPS) is 11.6. The minimum Gasteiger partial charge on any atom is -0.488 e. The van der Waals surface area contributed by atoms with Gasteiger partial charge in [0.2, 0.25) is 11.6 Å². The lowest BCUT2D eigenvalue weighted by Gasteiger charge is -2.24. The lowest BCUT2D eigenvalue weighted by molar-refractivity contribution is 0.0706. The molecular formula is C29H30F2O6. The summed E-state index contributed by atoms with van der Waals surface area (Å²) in [5, 5.41) is 0. The number of carbonyl (C=O) groups is 2. The van der Waals surface area contributed by atoms with Gasteiger partial charge in [-0.05, 0) is 102 Å². The number of rotatable bonds is 8. The van der Waals surface area contributed by atoms with E-state index in [1.54, 1.807) is 24.3 Å². The van der Waals surface area contributed by atoms with Crippen LogP contribution >= 0.6 is 0 Å². The first-order valence-electron chi connectivity index (χ1n) is 11.8. The molecule has 3 rings (SSSR count). The molecule has 0 fully saturated rings. The van der Waals surface area contributed by atoms with Gasteiger partial charge in [0.1, 0.15) is 22.7 Å². The van der Waals surface area contributed by atoms with Crippen LogP contribution < -0.4 is 18.9 Å². The van der Waals surface area contributed by atoms with E-state index in [1.165, 1.54) is 24.3 Å². The molecule has 196 valence electrons. The third kappa shape index (κ3) is 7.52. The molecular weight excluding hydrogens is 482 g/mol. The molecule has 0 atom stereocenters. The summed E-state index contributed by atoms with van der Waals surface area (Å²) in [4.78, 5) is 24.9. The van der Waals surface area contributed by atoms with E-state index in [4.69, 9.17) is 18.9 Å². The first kappa shape index (κ1) is 27.6. The number of halogens is 2. The number of ether oxygens (including phenoxy) is 4. The Morgan fingerprint density at radius 1 is 0.649 bits per heavy atom. The third-order valence-corrected chi connectivity index (χ3v) is 5.27. The van der Waals surface area contributed by atoms with Gasteiger partial charge in [-0.3, -0.25) is 0 Å². The summed E-state index contributed by atoms with van der Waals surface area (Å²) in [5.41, 5.74) is -0.558. The van der Waals surface area contributed by atoms with E-state index in [0.29, 0.717) is 11.5 Å². The summed E-state index contributed by atoms with van der Waals surface area (Å²) in [7, 11) is 0. The zero-order valence-electron chi connectivity index (χ0n) is 21.7. The van der Waals surface area contributed by atoms with E-state index >= 15 is 0 Å². The van der Waals surface area contributed by atoms with Crippen LogP contribution in [0.5, 0.6) is 23.0 Å². The SMILES string of the molecule is CCC(C)(C)Oc1ccc(C(=O)Oc2ccc(OC(=O)c3ccc(OC(C)(C)C)cc3)c(F)c2F)cc1. The second-order valence-electron chi connectivity index (χ2n) is 9.95. The maximum Gasteiger partial charge on any atom is 0.343 e. The molecule has 0 bridgehead atoms. The van der Waals surface area contributed by atoms with Crippen molar-refractivity contribution in [1.82, 2.24) is 0 Å². The molecule has 37 heavy (non-hydrogen) atoms. The van der Waals surface area contributed by atoms with Crippen molar-refractivity contribution in [1.29, 1.82) is 0 Å². The molecule has 0 unspecified atom stereocenters. The number of hydrogen-bond acceptors (Lipinski definition) is 6. The first-order chi connectivity index (χ1) is 17.3. The van der Waals surface area contributed by atoms with E-state index in [1.807, 2.05) is 41.5 Å². The summed E-state index contributed by atoms with van der Waals surface area (Å²) in [5.74, 6) is -4.88. The van der Waals surface area contributed by atoms with Gasteiger partial charge in [-0.2, -0.15) is 8.78 Å². The number of hydrogen-bond donors (Lipinski definition) is 0. The smallest absolute Gasteiger partial charge is 0.343 e. The van der Waals surface area contributed by atoms with Gasteiger partial charge in [-0.1, -0.05) is 6.92 Å². The minimum absolute atomic E-state index is 0.117. The number of benzene rings is 3. The molecule has 0 heterocycles. The lowest BCUT2D eigenvalue weighted by Crippen LogP contribution is -2.26. The Hall–Kier alpha value is -3.94. The van der Waals surface area contributed by atoms with E-state index in [-0.39, 0.29) is 16.7 Å². The van der Waals surface area contributed by atoms with Crippen LogP contribution in [0.1, 0.15) is 68.7 Å². The van der Waals surface area contributed by atoms with Crippen LogP contribution in [0, 0.1) is 11.6 Å². The number of carbonyl (C=O) groups excluding carboxylic acids is 2. The van der Waals surface area contributed by atoms with Crippen LogP contribution in [0.25, 0.3) is 0 Å². The van der Waals surface area contributed by atoms with Crippen LogP contribution in [0.4, 0.5) is 8.78 Å². The van der Waals surface area contributed by atoms with Gasteiger partial charge >= 0.3 is 11.9 Å². The van der Waals surface area contributed by atoms with Crippen LogP contribution in [0.2, 0.25) is 0 Å². The fourth-order valence-electron chi connectivity index (χ4n) is 3.05. The molecule has 8 heteroatoms. The fourth-order valence-corrected chi connectivity index (χ4v) is 3.05. The Kier molecular flexibility index (Phi) is 8.21. The molecule has 0 aliphatic carbocycles. The van der Waals surface area contributed by atoms with Crippen molar-refractivity contribution < 1.29 is 37.3 Å². The molecule has 0 amide bonds. The zero-order valence-corrected chi connectivity index (χ0v) is 21.7. The van der Waals surface area contributed by atoms with Gasteiger partial charge < -0.3 is 18.9 Å². The van der Waals surface area contributed by atoms with Gasteiger partial charge in [-0.15, -0.1) is 0 Å². The van der Waals surface area contributed by atoms with E-state index in [0.717, 1.165) is 18.6 Å². The highest BCUT2D eigenvalue weighted by molar-refractivity contribution is 5.92. The summed E-state index contributed by atoms with van der Waals surface area (Å²) < 4.78 is 50.8. The Bertz CT molecular complexity index is 1260. The highest BCUT2D eigenvalue weighted by Gasteiger charge is 2.22. The summed E-state index contributed by atoms with van der Waals surface area (Å²) in [6.45, 7) is 11.5. The largest absolute Gasteiger partial charge is 0.488 e. The van der Waals surface area contributed by atoms with E-state index < -0.39 is 40.7 Å². The quantitative estimate of drug-likeness (QED) is 0.236. The highest BCUT2D eigenvalue weighted by Crippen LogP contribution is 2.29. The average Bonchev–Trinajstić information content (AvgIpc) is 2.83. The Labute approximate surface area is 215 Å². The maximum atomic E-state index is 14.6. The molecule has 0 N–H and O–H groups in total. The molecule has 0 aromatic heterocycles. The predicted molar refractivity (Wildman–Crippen MR) is 135 cm³/mol. The fraction of sp³-hybridized carbons (Fsp3) is 0.310. The average molecular weight is 513 g/mol. The summed E-state index contributed by atoms with van der Waals surface area (Å²) >= 11 is 0. The van der Waals surface area contributed by atoms with Gasteiger partial charge in [0.15, 0.2) is 11.5 Å². The molecule has 3 aromatic carbocycles. The monoisotopic (exact) mass is 512 g/mol. The van der Waals surface area contributed by atoms with Gasteiger partial charge in [0.25, 0.3) is 0 Å². The Morgan fingerprint density at radius 3 is 1.38 bits per heavy atom. The van der Waals surface area contributed by atoms with Crippen molar-refractivity contribution in [3.05, 3.63) is 83.4 Å². The molecule has 0 radical (unpaired) electrons. The topological polar surface area (TPSA) is 71.1 Å². The Balaban J connectivity index is 1.67. The third-order valence-electron chi connectivity index (χ3n) is 5.27. The van der Waals surface area contributed by atoms with Gasteiger partial charge in [-0.25, -0.2) is 9.59 Å². The minimum atomic E-state index is -1.46. The van der Waals surface area contributed by atoms with Crippen molar-refractivity contribution in [3.63, 3.8) is 0 Å². The first-order valence-corrected chi connectivity index (χ1v) is 11.8. The second kappa shape index (κ2) is 11.0. The van der Waals surface area contributed by atoms with Gasteiger partial charge in [0, 0.05) is 0 Å². The molecule has 0 aliphatic rings. The van der Waals surface area contributed by atoms with Crippen molar-refractivity contribution >= 4 is 11.9 Å². The molecule has 6 nitrogen and oxygen atoms in total. The molecule has 0 spiro atoms. The van der Waals surface area contributed by atoms with E-state index in [2.05, 4.69) is 0 Å². The van der Waals surface area contributed by atoms with Crippen molar-refractivity contribution in [2.24, 2.45) is 0 Å². The van der Waals surface area contributed by atoms with Crippen LogP contribution in [0.15, 0.2) is 60.7 Å². The van der Waals surface area contributed by atoms with Crippen molar-refractivity contribution in [2.75, 3.05) is 0 Å². The summed E-state index contributed by atoms with van der Waals surface area (Å²) in [6, 6.07) is 14.2. The highest BCUT2D eigenvalue weighted by atomic mass is 19.2.